The van der Waals surface area contributed by atoms with E-state index < -0.39 is 26.6 Å². The smallest absolute Gasteiger partial charge is 0.296 e. The molecule has 0 spiro atoms. The van der Waals surface area contributed by atoms with Crippen molar-refractivity contribution < 1.29 is 14.6 Å². The number of nitrogens with one attached hydrogen (secondary N) is 1. The number of carbonyl (C=O) groups is 1. The van der Waals surface area contributed by atoms with Crippen molar-refractivity contribution in [3.63, 3.8) is 0 Å². The Kier molecular flexibility index (Phi) is 4.69. The van der Waals surface area contributed by atoms with Gasteiger partial charge in [0.1, 0.15) is 11.4 Å². The molecule has 0 radical (unpaired) electrons. The number of nitrogens with zero attached hydrogens (tertiary/aromatic N) is 3. The Morgan fingerprint density at radius 1 is 1.24 bits per heavy atom. The highest BCUT2D eigenvalue weighted by atomic mass is 16.6. The summed E-state index contributed by atoms with van der Waals surface area (Å²) in [4.78, 5) is 31.0. The molecule has 1 aromatic carbocycles. The van der Waals surface area contributed by atoms with E-state index in [-0.39, 0.29) is 11.4 Å². The number of nitro benzene ring substituents is 2. The molecule has 0 saturated carbocycles. The zero-order valence-electron chi connectivity index (χ0n) is 11.7. The Morgan fingerprint density at radius 3 is 2.29 bits per heavy atom. The molecular formula is C12H14N4O5. The third kappa shape index (κ3) is 4.06. The van der Waals surface area contributed by atoms with Crippen LogP contribution in [0, 0.1) is 25.6 Å². The van der Waals surface area contributed by atoms with Crippen molar-refractivity contribution in [3.8, 4) is 0 Å². The minimum atomic E-state index is -0.761. The van der Waals surface area contributed by atoms with E-state index in [9.17, 15) is 25.0 Å². The molecule has 0 aliphatic heterocycles. The highest BCUT2D eigenvalue weighted by Crippen LogP contribution is 2.29. The van der Waals surface area contributed by atoms with Crippen LogP contribution in [0.2, 0.25) is 0 Å². The first-order chi connectivity index (χ1) is 9.66. The number of hydrazone groups is 1. The van der Waals surface area contributed by atoms with E-state index in [2.05, 4.69) is 10.5 Å². The van der Waals surface area contributed by atoms with Crippen molar-refractivity contribution in [2.75, 3.05) is 5.43 Å². The van der Waals surface area contributed by atoms with Crippen LogP contribution in [0.3, 0.4) is 0 Å². The molecule has 1 N–H and O–H groups in total. The lowest BCUT2D eigenvalue weighted by Gasteiger charge is -2.16. The van der Waals surface area contributed by atoms with Gasteiger partial charge < -0.3 is 0 Å². The number of carbonyl (C=O) groups excluding carboxylic acids is 1. The van der Waals surface area contributed by atoms with Gasteiger partial charge in [-0.2, -0.15) is 5.10 Å². The summed E-state index contributed by atoms with van der Waals surface area (Å²) in [6.45, 7) is 5.27. The average molecular weight is 294 g/mol. The third-order valence-corrected chi connectivity index (χ3v) is 2.57. The quantitative estimate of drug-likeness (QED) is 0.384. The van der Waals surface area contributed by atoms with E-state index in [4.69, 9.17) is 0 Å². The number of anilines is 1. The van der Waals surface area contributed by atoms with Crippen LogP contribution in [0.4, 0.5) is 17.1 Å². The maximum absolute atomic E-state index is 10.9. The fraction of sp³-hybridized carbons (Fsp3) is 0.333. The molecule has 0 bridgehead atoms. The van der Waals surface area contributed by atoms with Gasteiger partial charge in [-0.3, -0.25) is 30.4 Å². The van der Waals surface area contributed by atoms with Crippen molar-refractivity contribution in [2.45, 2.75) is 20.8 Å². The summed E-state index contributed by atoms with van der Waals surface area (Å²) in [5, 5.41) is 25.4. The Labute approximate surface area is 120 Å². The summed E-state index contributed by atoms with van der Waals surface area (Å²) in [5.41, 5.74) is 1.11. The monoisotopic (exact) mass is 294 g/mol. The maximum Gasteiger partial charge on any atom is 0.301 e. The second-order valence-electron chi connectivity index (χ2n) is 5.19. The van der Waals surface area contributed by atoms with Crippen molar-refractivity contribution >= 4 is 29.1 Å². The van der Waals surface area contributed by atoms with Gasteiger partial charge in [-0.1, -0.05) is 20.8 Å². The summed E-state index contributed by atoms with van der Waals surface area (Å²) in [6, 6.07) is 3.11. The zero-order chi connectivity index (χ0) is 16.2. The van der Waals surface area contributed by atoms with Crippen LogP contribution < -0.4 is 5.43 Å². The van der Waals surface area contributed by atoms with Crippen LogP contribution in [-0.2, 0) is 4.79 Å². The molecule has 0 atom stereocenters. The number of rotatable bonds is 5. The molecule has 0 unspecified atom stereocenters. The van der Waals surface area contributed by atoms with Crippen LogP contribution in [0.1, 0.15) is 20.8 Å². The molecule has 0 aliphatic carbocycles. The van der Waals surface area contributed by atoms with E-state index in [1.54, 1.807) is 20.8 Å². The molecule has 1 rings (SSSR count). The Bertz CT molecular complexity index is 619. The molecule has 0 aliphatic rings. The van der Waals surface area contributed by atoms with Crippen LogP contribution in [0.25, 0.3) is 0 Å². The first-order valence-corrected chi connectivity index (χ1v) is 5.89. The first-order valence-electron chi connectivity index (χ1n) is 5.89. The number of aldehydes is 1. The summed E-state index contributed by atoms with van der Waals surface area (Å²) in [7, 11) is 0. The Hall–Kier alpha value is -2.84. The number of nitro groups is 2. The fourth-order valence-electron chi connectivity index (χ4n) is 1.37. The Morgan fingerprint density at radius 2 is 1.86 bits per heavy atom. The van der Waals surface area contributed by atoms with Crippen molar-refractivity contribution in [3.05, 3.63) is 38.4 Å². The van der Waals surface area contributed by atoms with Gasteiger partial charge >= 0.3 is 5.69 Å². The van der Waals surface area contributed by atoms with E-state index in [0.717, 1.165) is 12.1 Å². The summed E-state index contributed by atoms with van der Waals surface area (Å²) in [6.07, 6.45) is 0.546. The molecule has 21 heavy (non-hydrogen) atoms. The molecule has 0 heterocycles. The number of non-ortho nitro benzene ring substituents is 1. The first kappa shape index (κ1) is 16.2. The number of hydrogen-bond acceptors (Lipinski definition) is 7. The predicted molar refractivity (Wildman–Crippen MR) is 76.3 cm³/mol. The minimum absolute atomic E-state index is 0.0331. The van der Waals surface area contributed by atoms with Crippen molar-refractivity contribution in [2.24, 2.45) is 10.5 Å². The number of benzene rings is 1. The molecular weight excluding hydrogens is 280 g/mol. The van der Waals surface area contributed by atoms with Gasteiger partial charge in [0.25, 0.3) is 5.69 Å². The van der Waals surface area contributed by atoms with Gasteiger partial charge in [0, 0.05) is 11.5 Å². The summed E-state index contributed by atoms with van der Waals surface area (Å²) < 4.78 is 0. The van der Waals surface area contributed by atoms with Crippen molar-refractivity contribution in [1.82, 2.24) is 0 Å². The molecule has 0 aromatic heterocycles. The molecule has 9 heteroatoms. The van der Waals surface area contributed by atoms with Crippen LogP contribution in [0.15, 0.2) is 23.3 Å². The third-order valence-electron chi connectivity index (χ3n) is 2.57. The predicted octanol–water partition coefficient (Wildman–Crippen LogP) is 2.52. The van der Waals surface area contributed by atoms with Gasteiger partial charge in [0.15, 0.2) is 6.29 Å². The average Bonchev–Trinajstić information content (AvgIpc) is 2.37. The summed E-state index contributed by atoms with van der Waals surface area (Å²) in [5.74, 6) is 0. The SMILES string of the molecule is CC(C)(C)C(C=O)=NNc1ccc([N+](=O)[O-])cc1[N+](=O)[O-]. The molecule has 1 aromatic rings. The van der Waals surface area contributed by atoms with E-state index >= 15 is 0 Å². The second-order valence-corrected chi connectivity index (χ2v) is 5.19. The van der Waals surface area contributed by atoms with E-state index in [1.165, 1.54) is 6.07 Å². The normalized spacial score (nSPS) is 11.9. The van der Waals surface area contributed by atoms with E-state index in [1.807, 2.05) is 0 Å². The van der Waals surface area contributed by atoms with Gasteiger partial charge in [0.2, 0.25) is 0 Å². The Balaban J connectivity index is 3.20. The molecule has 9 nitrogen and oxygen atoms in total. The highest BCUT2D eigenvalue weighted by Gasteiger charge is 2.21. The van der Waals surface area contributed by atoms with E-state index in [0.29, 0.717) is 6.29 Å². The van der Waals surface area contributed by atoms with Crippen LogP contribution >= 0.6 is 0 Å². The topological polar surface area (TPSA) is 128 Å². The lowest BCUT2D eigenvalue weighted by atomic mass is 9.91. The van der Waals surface area contributed by atoms with Gasteiger partial charge in [-0.25, -0.2) is 0 Å². The number of hydrogen-bond donors (Lipinski definition) is 1. The minimum Gasteiger partial charge on any atom is -0.296 e. The lowest BCUT2D eigenvalue weighted by molar-refractivity contribution is -0.393. The van der Waals surface area contributed by atoms with Gasteiger partial charge in [-0.15, -0.1) is 0 Å². The summed E-state index contributed by atoms with van der Waals surface area (Å²) >= 11 is 0. The molecule has 112 valence electrons. The second kappa shape index (κ2) is 6.07. The largest absolute Gasteiger partial charge is 0.301 e. The molecule has 0 fully saturated rings. The van der Waals surface area contributed by atoms with Gasteiger partial charge in [0.05, 0.1) is 15.9 Å². The lowest BCUT2D eigenvalue weighted by Crippen LogP contribution is -2.22. The van der Waals surface area contributed by atoms with Crippen LogP contribution in [-0.4, -0.2) is 21.8 Å². The van der Waals surface area contributed by atoms with Crippen molar-refractivity contribution in [1.29, 1.82) is 0 Å². The fourth-order valence-corrected chi connectivity index (χ4v) is 1.37. The molecule has 0 saturated heterocycles. The zero-order valence-corrected chi connectivity index (χ0v) is 11.7. The maximum atomic E-state index is 10.9. The molecule has 0 amide bonds. The standard InChI is InChI=1S/C12H14N4O5/c1-12(2,3)11(7-17)14-13-9-5-4-8(15(18)19)6-10(9)16(20)21/h4-7,13H,1-3H3. The van der Waals surface area contributed by atoms with Crippen LogP contribution in [0.5, 0.6) is 0 Å². The highest BCUT2D eigenvalue weighted by molar-refractivity contribution is 6.30. The van der Waals surface area contributed by atoms with Gasteiger partial charge in [-0.05, 0) is 6.07 Å².